The van der Waals surface area contributed by atoms with E-state index in [-0.39, 0.29) is 12.1 Å². The number of hydrogen-bond acceptors (Lipinski definition) is 3. The fourth-order valence-electron chi connectivity index (χ4n) is 3.22. The number of nitrogens with zero attached hydrogens (tertiary/aromatic N) is 1. The van der Waals surface area contributed by atoms with E-state index in [1.807, 2.05) is 0 Å². The van der Waals surface area contributed by atoms with Gasteiger partial charge >= 0.3 is 0 Å². The van der Waals surface area contributed by atoms with Crippen LogP contribution in [0.4, 0.5) is 0 Å². The van der Waals surface area contributed by atoms with E-state index in [1.165, 1.54) is 32.5 Å². The zero-order chi connectivity index (χ0) is 15.0. The lowest BCUT2D eigenvalue weighted by atomic mass is 9.87. The lowest BCUT2D eigenvalue weighted by Crippen LogP contribution is -2.49. The van der Waals surface area contributed by atoms with Gasteiger partial charge in [0.05, 0.1) is 6.61 Å². The van der Waals surface area contributed by atoms with Crippen LogP contribution in [0.15, 0.2) is 0 Å². The predicted octanol–water partition coefficient (Wildman–Crippen LogP) is 2.89. The molecule has 1 aliphatic heterocycles. The van der Waals surface area contributed by atoms with Crippen molar-refractivity contribution in [2.24, 2.45) is 11.8 Å². The van der Waals surface area contributed by atoms with Crippen molar-refractivity contribution in [2.45, 2.75) is 65.3 Å². The second-order valence-electron chi connectivity index (χ2n) is 6.87. The third-order valence-corrected chi connectivity index (χ3v) is 5.28. The molecule has 2 N–H and O–H groups in total. The summed E-state index contributed by atoms with van der Waals surface area (Å²) in [6, 6.07) is 0. The van der Waals surface area contributed by atoms with Gasteiger partial charge in [0, 0.05) is 12.1 Å². The fourth-order valence-corrected chi connectivity index (χ4v) is 3.22. The molecule has 0 spiro atoms. The molecular weight excluding hydrogens is 248 g/mol. The zero-order valence-electron chi connectivity index (χ0n) is 14.1. The van der Waals surface area contributed by atoms with Crippen molar-refractivity contribution in [2.75, 3.05) is 32.8 Å². The molecular formula is C17H36N2O. The number of hydrogen-bond donors (Lipinski definition) is 2. The molecule has 20 heavy (non-hydrogen) atoms. The van der Waals surface area contributed by atoms with Crippen molar-refractivity contribution in [1.29, 1.82) is 0 Å². The van der Waals surface area contributed by atoms with E-state index in [4.69, 9.17) is 0 Å². The molecule has 0 radical (unpaired) electrons. The Labute approximate surface area is 126 Å². The second-order valence-corrected chi connectivity index (χ2v) is 6.87. The summed E-state index contributed by atoms with van der Waals surface area (Å²) in [6.45, 7) is 14.1. The number of piperidine rings is 1. The molecule has 3 unspecified atom stereocenters. The molecule has 120 valence electrons. The topological polar surface area (TPSA) is 35.5 Å². The number of rotatable bonds is 9. The molecule has 1 fully saturated rings. The first-order valence-electron chi connectivity index (χ1n) is 8.65. The zero-order valence-corrected chi connectivity index (χ0v) is 14.1. The molecule has 0 amide bonds. The van der Waals surface area contributed by atoms with Gasteiger partial charge in [0.1, 0.15) is 0 Å². The number of aliphatic hydroxyl groups excluding tert-OH is 1. The van der Waals surface area contributed by atoms with Crippen LogP contribution in [0.3, 0.4) is 0 Å². The lowest BCUT2D eigenvalue weighted by molar-refractivity contribution is 0.116. The van der Waals surface area contributed by atoms with Crippen molar-refractivity contribution in [3.8, 4) is 0 Å². The van der Waals surface area contributed by atoms with Crippen LogP contribution in [-0.4, -0.2) is 48.3 Å². The SMILES string of the molecule is CCCNC(CC)(CO)CCCN1CCC(C)C(C)C1. The van der Waals surface area contributed by atoms with Gasteiger partial charge in [-0.25, -0.2) is 0 Å². The van der Waals surface area contributed by atoms with Crippen LogP contribution < -0.4 is 5.32 Å². The molecule has 0 bridgehead atoms. The summed E-state index contributed by atoms with van der Waals surface area (Å²) >= 11 is 0. The van der Waals surface area contributed by atoms with Crippen LogP contribution in [0.5, 0.6) is 0 Å². The van der Waals surface area contributed by atoms with E-state index < -0.39 is 0 Å². The van der Waals surface area contributed by atoms with Gasteiger partial charge in [0.2, 0.25) is 0 Å². The highest BCUT2D eigenvalue weighted by atomic mass is 16.3. The first-order chi connectivity index (χ1) is 9.56. The molecule has 0 aliphatic carbocycles. The lowest BCUT2D eigenvalue weighted by Gasteiger charge is -2.37. The van der Waals surface area contributed by atoms with Gasteiger partial charge in [-0.3, -0.25) is 0 Å². The van der Waals surface area contributed by atoms with E-state index in [0.717, 1.165) is 37.6 Å². The third-order valence-electron chi connectivity index (χ3n) is 5.28. The highest BCUT2D eigenvalue weighted by molar-refractivity contribution is 4.86. The van der Waals surface area contributed by atoms with Crippen LogP contribution in [0, 0.1) is 11.8 Å². The van der Waals surface area contributed by atoms with Crippen molar-refractivity contribution >= 4 is 0 Å². The molecule has 0 aromatic carbocycles. The number of nitrogens with one attached hydrogen (secondary N) is 1. The highest BCUT2D eigenvalue weighted by Crippen LogP contribution is 2.23. The Hall–Kier alpha value is -0.120. The molecule has 1 aliphatic rings. The number of aliphatic hydroxyl groups is 1. The van der Waals surface area contributed by atoms with Gasteiger partial charge in [0.15, 0.2) is 0 Å². The summed E-state index contributed by atoms with van der Waals surface area (Å²) in [7, 11) is 0. The molecule has 1 rings (SSSR count). The molecule has 3 heteroatoms. The second kappa shape index (κ2) is 9.01. The van der Waals surface area contributed by atoms with E-state index >= 15 is 0 Å². The maximum absolute atomic E-state index is 9.74. The summed E-state index contributed by atoms with van der Waals surface area (Å²) in [5, 5.41) is 13.3. The van der Waals surface area contributed by atoms with Crippen LogP contribution >= 0.6 is 0 Å². The molecule has 0 aromatic rings. The number of likely N-dealkylation sites (tertiary alicyclic amines) is 1. The van der Waals surface area contributed by atoms with E-state index in [2.05, 4.69) is 37.9 Å². The molecule has 1 saturated heterocycles. The van der Waals surface area contributed by atoms with Crippen LogP contribution in [0.25, 0.3) is 0 Å². The van der Waals surface area contributed by atoms with Gasteiger partial charge in [-0.15, -0.1) is 0 Å². The van der Waals surface area contributed by atoms with Crippen LogP contribution in [0.1, 0.15) is 59.8 Å². The maximum Gasteiger partial charge on any atom is 0.0613 e. The van der Waals surface area contributed by atoms with E-state index in [0.29, 0.717) is 0 Å². The van der Waals surface area contributed by atoms with Crippen LogP contribution in [-0.2, 0) is 0 Å². The fraction of sp³-hybridized carbons (Fsp3) is 1.00. The summed E-state index contributed by atoms with van der Waals surface area (Å²) in [5.74, 6) is 1.71. The summed E-state index contributed by atoms with van der Waals surface area (Å²) in [5.41, 5.74) is -0.0509. The first-order valence-corrected chi connectivity index (χ1v) is 8.65. The summed E-state index contributed by atoms with van der Waals surface area (Å²) < 4.78 is 0. The van der Waals surface area contributed by atoms with Crippen molar-refractivity contribution in [3.05, 3.63) is 0 Å². The Bertz CT molecular complexity index is 253. The maximum atomic E-state index is 9.74. The molecule has 3 atom stereocenters. The van der Waals surface area contributed by atoms with E-state index in [9.17, 15) is 5.11 Å². The normalized spacial score (nSPS) is 27.4. The van der Waals surface area contributed by atoms with E-state index in [1.54, 1.807) is 0 Å². The Kier molecular flexibility index (Phi) is 8.08. The van der Waals surface area contributed by atoms with Crippen molar-refractivity contribution in [3.63, 3.8) is 0 Å². The summed E-state index contributed by atoms with van der Waals surface area (Å²) in [4.78, 5) is 2.61. The average Bonchev–Trinajstić information content (AvgIpc) is 2.47. The van der Waals surface area contributed by atoms with Crippen molar-refractivity contribution in [1.82, 2.24) is 10.2 Å². The molecule has 1 heterocycles. The molecule has 0 saturated carbocycles. The minimum absolute atomic E-state index is 0.0509. The standard InChI is InChI=1S/C17H36N2O/c1-5-10-18-17(6-2,14-20)9-7-11-19-12-8-15(3)16(4)13-19/h15-16,18,20H,5-14H2,1-4H3. The van der Waals surface area contributed by atoms with Gasteiger partial charge in [-0.1, -0.05) is 27.7 Å². The Morgan fingerprint density at radius 1 is 1.25 bits per heavy atom. The monoisotopic (exact) mass is 284 g/mol. The Balaban J connectivity index is 2.33. The minimum atomic E-state index is -0.0509. The average molecular weight is 284 g/mol. The van der Waals surface area contributed by atoms with Gasteiger partial charge < -0.3 is 15.3 Å². The molecule has 3 nitrogen and oxygen atoms in total. The van der Waals surface area contributed by atoms with Gasteiger partial charge in [-0.05, 0) is 63.6 Å². The largest absolute Gasteiger partial charge is 0.394 e. The minimum Gasteiger partial charge on any atom is -0.394 e. The Morgan fingerprint density at radius 2 is 2.00 bits per heavy atom. The molecule has 0 aromatic heterocycles. The third kappa shape index (κ3) is 5.34. The smallest absolute Gasteiger partial charge is 0.0613 e. The predicted molar refractivity (Wildman–Crippen MR) is 87.0 cm³/mol. The quantitative estimate of drug-likeness (QED) is 0.683. The summed E-state index contributed by atoms with van der Waals surface area (Å²) in [6.07, 6.45) is 5.75. The van der Waals surface area contributed by atoms with Crippen molar-refractivity contribution < 1.29 is 5.11 Å². The van der Waals surface area contributed by atoms with Gasteiger partial charge in [0.25, 0.3) is 0 Å². The first kappa shape index (κ1) is 17.9. The Morgan fingerprint density at radius 3 is 2.55 bits per heavy atom. The van der Waals surface area contributed by atoms with Gasteiger partial charge in [-0.2, -0.15) is 0 Å². The highest BCUT2D eigenvalue weighted by Gasteiger charge is 2.27. The van der Waals surface area contributed by atoms with Crippen LogP contribution in [0.2, 0.25) is 0 Å².